The fourth-order valence-electron chi connectivity index (χ4n) is 2.77. The smallest absolute Gasteiger partial charge is 0.262 e. The Morgan fingerprint density at radius 1 is 1.00 bits per heavy atom. The number of benzene rings is 3. The number of carbonyl (C=O) groups excluding carboxylic acids is 2. The maximum absolute atomic E-state index is 12.4. The van der Waals surface area contributed by atoms with Crippen LogP contribution < -0.4 is 19.5 Å². The van der Waals surface area contributed by atoms with Crippen molar-refractivity contribution in [2.75, 3.05) is 26.1 Å². The van der Waals surface area contributed by atoms with Crippen LogP contribution in [0.15, 0.2) is 54.6 Å². The number of methoxy groups -OCH3 is 2. The molecule has 0 unspecified atom stereocenters. The molecular formula is C21H19NO5. The van der Waals surface area contributed by atoms with Crippen LogP contribution in [0, 0.1) is 0 Å². The van der Waals surface area contributed by atoms with Gasteiger partial charge in [0.15, 0.2) is 18.1 Å². The summed E-state index contributed by atoms with van der Waals surface area (Å²) in [6.45, 7) is -0.240. The quantitative estimate of drug-likeness (QED) is 0.647. The third kappa shape index (κ3) is 4.00. The van der Waals surface area contributed by atoms with Gasteiger partial charge in [-0.2, -0.15) is 0 Å². The van der Waals surface area contributed by atoms with Crippen molar-refractivity contribution in [3.05, 3.63) is 60.2 Å². The minimum Gasteiger partial charge on any atom is -0.493 e. The number of carbonyl (C=O) groups is 2. The first-order valence-corrected chi connectivity index (χ1v) is 8.28. The van der Waals surface area contributed by atoms with Crippen LogP contribution in [-0.2, 0) is 4.79 Å². The first-order chi connectivity index (χ1) is 13.2. The molecule has 0 saturated carbocycles. The highest BCUT2D eigenvalue weighted by molar-refractivity contribution is 6.02. The lowest BCUT2D eigenvalue weighted by molar-refractivity contribution is -0.118. The Kier molecular flexibility index (Phi) is 5.56. The highest BCUT2D eigenvalue weighted by atomic mass is 16.5. The lowest BCUT2D eigenvalue weighted by Gasteiger charge is -2.15. The molecule has 6 heteroatoms. The van der Waals surface area contributed by atoms with Crippen molar-refractivity contribution in [2.24, 2.45) is 0 Å². The molecule has 3 aromatic rings. The molecule has 3 aromatic carbocycles. The van der Waals surface area contributed by atoms with Crippen LogP contribution in [0.2, 0.25) is 0 Å². The van der Waals surface area contributed by atoms with Crippen molar-refractivity contribution in [3.8, 4) is 17.2 Å². The Morgan fingerprint density at radius 2 is 1.67 bits per heavy atom. The van der Waals surface area contributed by atoms with Gasteiger partial charge in [0.25, 0.3) is 5.91 Å². The van der Waals surface area contributed by atoms with Gasteiger partial charge in [-0.25, -0.2) is 0 Å². The molecule has 0 bridgehead atoms. The SMILES string of the molecule is COc1cc(C=O)cc(OC)c1OCC(=O)Nc1cccc2ccccc12. The first-order valence-electron chi connectivity index (χ1n) is 8.28. The molecule has 0 radical (unpaired) electrons. The summed E-state index contributed by atoms with van der Waals surface area (Å²) in [4.78, 5) is 23.4. The molecule has 0 saturated heterocycles. The van der Waals surface area contributed by atoms with Crippen LogP contribution >= 0.6 is 0 Å². The van der Waals surface area contributed by atoms with Crippen molar-refractivity contribution < 1.29 is 23.8 Å². The normalized spacial score (nSPS) is 10.3. The Morgan fingerprint density at radius 3 is 2.33 bits per heavy atom. The molecule has 0 spiro atoms. The summed E-state index contributed by atoms with van der Waals surface area (Å²) in [5.74, 6) is 0.567. The number of fused-ring (bicyclic) bond motifs is 1. The van der Waals surface area contributed by atoms with Crippen molar-refractivity contribution in [1.29, 1.82) is 0 Å². The largest absolute Gasteiger partial charge is 0.493 e. The van der Waals surface area contributed by atoms with Crippen LogP contribution in [-0.4, -0.2) is 33.0 Å². The fourth-order valence-corrected chi connectivity index (χ4v) is 2.77. The van der Waals surface area contributed by atoms with Crippen molar-refractivity contribution in [3.63, 3.8) is 0 Å². The predicted octanol–water partition coefficient (Wildman–Crippen LogP) is 3.69. The van der Waals surface area contributed by atoms with Gasteiger partial charge in [0.1, 0.15) is 6.29 Å². The Balaban J connectivity index is 1.77. The van der Waals surface area contributed by atoms with Crippen LogP contribution in [0.1, 0.15) is 10.4 Å². The number of rotatable bonds is 7. The molecule has 0 aromatic heterocycles. The summed E-state index contributed by atoms with van der Waals surface area (Å²) in [6.07, 6.45) is 0.683. The van der Waals surface area contributed by atoms with Gasteiger partial charge in [-0.15, -0.1) is 0 Å². The van der Waals surface area contributed by atoms with Gasteiger partial charge in [0, 0.05) is 16.6 Å². The molecule has 6 nitrogen and oxygen atoms in total. The molecule has 1 amide bonds. The van der Waals surface area contributed by atoms with E-state index in [1.807, 2.05) is 42.5 Å². The maximum atomic E-state index is 12.4. The summed E-state index contributed by atoms with van der Waals surface area (Å²) >= 11 is 0. The van der Waals surface area contributed by atoms with Gasteiger partial charge in [0.05, 0.1) is 14.2 Å². The summed E-state index contributed by atoms with van der Waals surface area (Å²) < 4.78 is 16.1. The van der Waals surface area contributed by atoms with Crippen LogP contribution in [0.25, 0.3) is 10.8 Å². The van der Waals surface area contributed by atoms with E-state index < -0.39 is 0 Å². The van der Waals surface area contributed by atoms with Gasteiger partial charge in [-0.05, 0) is 23.6 Å². The highest BCUT2D eigenvalue weighted by Crippen LogP contribution is 2.38. The van der Waals surface area contributed by atoms with Crippen molar-refractivity contribution in [2.45, 2.75) is 0 Å². The Hall–Kier alpha value is -3.54. The zero-order chi connectivity index (χ0) is 19.2. The molecule has 0 aliphatic carbocycles. The van der Waals surface area contributed by atoms with E-state index in [1.165, 1.54) is 26.4 Å². The molecule has 0 heterocycles. The van der Waals surface area contributed by atoms with E-state index in [9.17, 15) is 9.59 Å². The zero-order valence-electron chi connectivity index (χ0n) is 15.0. The Bertz CT molecular complexity index is 953. The second kappa shape index (κ2) is 8.23. The number of hydrogen-bond acceptors (Lipinski definition) is 5. The molecule has 138 valence electrons. The second-order valence-corrected chi connectivity index (χ2v) is 5.74. The lowest BCUT2D eigenvalue weighted by atomic mass is 10.1. The van der Waals surface area contributed by atoms with E-state index in [0.717, 1.165) is 10.8 Å². The molecule has 0 fully saturated rings. The van der Waals surface area contributed by atoms with E-state index in [4.69, 9.17) is 14.2 Å². The predicted molar refractivity (Wildman–Crippen MR) is 103 cm³/mol. The maximum Gasteiger partial charge on any atom is 0.262 e. The lowest BCUT2D eigenvalue weighted by Crippen LogP contribution is -2.20. The first kappa shape index (κ1) is 18.3. The molecule has 27 heavy (non-hydrogen) atoms. The highest BCUT2D eigenvalue weighted by Gasteiger charge is 2.16. The number of aldehydes is 1. The standard InChI is InChI=1S/C21H19NO5/c1-25-18-10-14(12-23)11-19(26-2)21(18)27-13-20(24)22-17-9-5-7-15-6-3-4-8-16(15)17/h3-12H,13H2,1-2H3,(H,22,24). The van der Waals surface area contributed by atoms with Crippen LogP contribution in [0.4, 0.5) is 5.69 Å². The molecule has 1 N–H and O–H groups in total. The number of hydrogen-bond donors (Lipinski definition) is 1. The average Bonchev–Trinajstić information content (AvgIpc) is 2.71. The van der Waals surface area contributed by atoms with Crippen molar-refractivity contribution in [1.82, 2.24) is 0 Å². The van der Waals surface area contributed by atoms with E-state index in [0.29, 0.717) is 29.0 Å². The zero-order valence-corrected chi connectivity index (χ0v) is 15.0. The van der Waals surface area contributed by atoms with Crippen LogP contribution in [0.3, 0.4) is 0 Å². The number of anilines is 1. The fraction of sp³-hybridized carbons (Fsp3) is 0.143. The minimum atomic E-state index is -0.324. The second-order valence-electron chi connectivity index (χ2n) is 5.74. The number of amides is 1. The molecule has 0 aliphatic rings. The van der Waals surface area contributed by atoms with Gasteiger partial charge in [-0.1, -0.05) is 36.4 Å². The van der Waals surface area contributed by atoms with E-state index >= 15 is 0 Å². The van der Waals surface area contributed by atoms with E-state index in [2.05, 4.69) is 5.32 Å². The number of nitrogens with one attached hydrogen (secondary N) is 1. The molecular weight excluding hydrogens is 346 g/mol. The van der Waals surface area contributed by atoms with Crippen molar-refractivity contribution >= 4 is 28.7 Å². The minimum absolute atomic E-state index is 0.240. The topological polar surface area (TPSA) is 73.9 Å². The molecule has 3 rings (SSSR count). The summed E-state index contributed by atoms with van der Waals surface area (Å²) in [7, 11) is 2.90. The third-order valence-electron chi connectivity index (χ3n) is 4.03. The van der Waals surface area contributed by atoms with E-state index in [-0.39, 0.29) is 18.3 Å². The van der Waals surface area contributed by atoms with Gasteiger partial charge < -0.3 is 19.5 Å². The van der Waals surface area contributed by atoms with Gasteiger partial charge in [-0.3, -0.25) is 9.59 Å². The summed E-state index contributed by atoms with van der Waals surface area (Å²) in [5.41, 5.74) is 1.09. The average molecular weight is 365 g/mol. The third-order valence-corrected chi connectivity index (χ3v) is 4.03. The number of ether oxygens (including phenoxy) is 3. The van der Waals surface area contributed by atoms with Crippen LogP contribution in [0.5, 0.6) is 17.2 Å². The van der Waals surface area contributed by atoms with Gasteiger partial charge in [0.2, 0.25) is 5.75 Å². The summed E-state index contributed by atoms with van der Waals surface area (Å²) in [5, 5.41) is 4.83. The summed E-state index contributed by atoms with van der Waals surface area (Å²) in [6, 6.07) is 16.5. The molecule has 0 atom stereocenters. The molecule has 0 aliphatic heterocycles. The monoisotopic (exact) mass is 365 g/mol. The van der Waals surface area contributed by atoms with Gasteiger partial charge >= 0.3 is 0 Å². The Labute approximate surface area is 156 Å². The van der Waals surface area contributed by atoms with E-state index in [1.54, 1.807) is 0 Å².